The number of rotatable bonds is 6. The van der Waals surface area contributed by atoms with Crippen molar-refractivity contribution in [3.05, 3.63) is 109 Å². The van der Waals surface area contributed by atoms with Crippen LogP contribution < -0.4 is 11.0 Å². The van der Waals surface area contributed by atoms with Gasteiger partial charge in [0.05, 0.1) is 27.1 Å². The lowest BCUT2D eigenvalue weighted by atomic mass is 10.1. The Morgan fingerprint density at radius 3 is 2.32 bits per heavy atom. The summed E-state index contributed by atoms with van der Waals surface area (Å²) < 4.78 is 1.44. The second-order valence-electron chi connectivity index (χ2n) is 7.24. The molecule has 3 aromatic carbocycles. The molecule has 0 aliphatic heterocycles. The number of hydrazone groups is 1. The van der Waals surface area contributed by atoms with E-state index in [2.05, 4.69) is 10.5 Å². The van der Waals surface area contributed by atoms with Crippen molar-refractivity contribution < 1.29 is 15.0 Å². The fourth-order valence-corrected chi connectivity index (χ4v) is 3.56. The van der Waals surface area contributed by atoms with Crippen LogP contribution in [0, 0.1) is 20.2 Å². The molecule has 170 valence electrons. The molecule has 0 aliphatic carbocycles. The van der Waals surface area contributed by atoms with Crippen LogP contribution in [0.3, 0.4) is 0 Å². The van der Waals surface area contributed by atoms with Gasteiger partial charge in [-0.3, -0.25) is 35.0 Å². The Bertz CT molecular complexity index is 1530. The van der Waals surface area contributed by atoms with Crippen molar-refractivity contribution in [1.29, 1.82) is 0 Å². The van der Waals surface area contributed by atoms with Crippen LogP contribution in [0.25, 0.3) is 16.6 Å². The van der Waals surface area contributed by atoms with Crippen LogP contribution in [0.5, 0.6) is 5.75 Å². The van der Waals surface area contributed by atoms with Crippen molar-refractivity contribution in [2.75, 3.05) is 5.43 Å². The van der Waals surface area contributed by atoms with Crippen molar-refractivity contribution in [2.24, 2.45) is 5.10 Å². The molecule has 0 unspecified atom stereocenters. The lowest BCUT2D eigenvalue weighted by molar-refractivity contribution is -0.393. The number of hydrogen-bond acceptors (Lipinski definition) is 8. The van der Waals surface area contributed by atoms with E-state index < -0.39 is 26.8 Å². The highest BCUT2D eigenvalue weighted by Crippen LogP contribution is 2.30. The molecule has 0 amide bonds. The van der Waals surface area contributed by atoms with Crippen LogP contribution in [0.15, 0.2) is 82.7 Å². The maximum Gasteiger partial charge on any atom is 0.301 e. The van der Waals surface area contributed by atoms with E-state index in [4.69, 9.17) is 0 Å². The Hall–Kier alpha value is -5.06. The molecule has 1 heterocycles. The Kier molecular flexibility index (Phi) is 5.75. The van der Waals surface area contributed by atoms with Crippen LogP contribution in [0.2, 0.25) is 0 Å². The molecule has 4 rings (SSSR count). The van der Waals surface area contributed by atoms with E-state index in [1.165, 1.54) is 11.5 Å². The highest BCUT2D eigenvalue weighted by molar-refractivity contribution is 6.05. The molecule has 0 bridgehead atoms. The monoisotopic (exact) mass is 459 g/mol. The predicted molar refractivity (Wildman–Crippen MR) is 127 cm³/mol. The van der Waals surface area contributed by atoms with Crippen LogP contribution >= 0.6 is 0 Å². The van der Waals surface area contributed by atoms with Crippen molar-refractivity contribution >= 4 is 33.7 Å². The van der Waals surface area contributed by atoms with Gasteiger partial charge in [0.15, 0.2) is 0 Å². The van der Waals surface area contributed by atoms with Gasteiger partial charge >= 0.3 is 5.69 Å². The van der Waals surface area contributed by atoms with Crippen molar-refractivity contribution in [1.82, 2.24) is 4.57 Å². The number of hydrogen-bond donors (Lipinski definition) is 2. The minimum Gasteiger partial charge on any atom is -0.506 e. The number of nitrogens with zero attached hydrogens (tertiary/aromatic N) is 4. The minimum absolute atomic E-state index is 0.0607. The number of aromatic nitrogens is 1. The zero-order valence-corrected chi connectivity index (χ0v) is 17.7. The predicted octanol–water partition coefficient (Wildman–Crippen LogP) is 4.35. The van der Waals surface area contributed by atoms with Crippen molar-refractivity contribution in [3.63, 3.8) is 0 Å². The largest absolute Gasteiger partial charge is 0.506 e. The molecule has 0 saturated heterocycles. The van der Waals surface area contributed by atoms with Gasteiger partial charge in [0.2, 0.25) is 0 Å². The number of benzene rings is 3. The van der Waals surface area contributed by atoms with Crippen molar-refractivity contribution in [3.8, 4) is 11.4 Å². The average Bonchev–Trinajstić information content (AvgIpc) is 2.83. The number of nitrogens with one attached hydrogen (secondary N) is 1. The van der Waals surface area contributed by atoms with E-state index in [0.29, 0.717) is 16.6 Å². The summed E-state index contributed by atoms with van der Waals surface area (Å²) in [5.74, 6) is -0.283. The molecule has 0 spiro atoms. The Labute approximate surface area is 191 Å². The van der Waals surface area contributed by atoms with Gasteiger partial charge in [-0.2, -0.15) is 5.10 Å². The summed E-state index contributed by atoms with van der Waals surface area (Å²) in [7, 11) is 0. The van der Waals surface area contributed by atoms with Gasteiger partial charge in [0, 0.05) is 17.1 Å². The van der Waals surface area contributed by atoms with E-state index >= 15 is 0 Å². The van der Waals surface area contributed by atoms with Gasteiger partial charge in [0.25, 0.3) is 11.2 Å². The normalized spacial score (nSPS) is 11.4. The summed E-state index contributed by atoms with van der Waals surface area (Å²) in [6, 6.07) is 18.7. The average molecular weight is 459 g/mol. The van der Waals surface area contributed by atoms with E-state index in [-0.39, 0.29) is 22.7 Å². The fourth-order valence-electron chi connectivity index (χ4n) is 3.56. The number of pyridine rings is 1. The van der Waals surface area contributed by atoms with Gasteiger partial charge in [-0.25, -0.2) is 0 Å². The standard InChI is InChI=1S/C23H17N5O6/c1-14(24-25-18-12-11-16(27(31)32)13-20(18)28(33)34)21-22(29)17-9-5-6-10-19(17)26(23(21)30)15-7-3-2-4-8-15/h2-13,25,29H,1H3/b24-14-. The summed E-state index contributed by atoms with van der Waals surface area (Å²) in [5, 5.41) is 37.7. The number of para-hydroxylation sites is 2. The zero-order valence-electron chi connectivity index (χ0n) is 17.7. The molecule has 0 fully saturated rings. The third-order valence-corrected chi connectivity index (χ3v) is 5.16. The summed E-state index contributed by atoms with van der Waals surface area (Å²) in [5.41, 5.74) is 1.86. The van der Waals surface area contributed by atoms with Gasteiger partial charge in [0.1, 0.15) is 17.0 Å². The molecule has 0 saturated carbocycles. The molecular formula is C23H17N5O6. The highest BCUT2D eigenvalue weighted by atomic mass is 16.6. The second-order valence-corrected chi connectivity index (χ2v) is 7.24. The maximum atomic E-state index is 13.5. The molecule has 0 atom stereocenters. The molecule has 0 radical (unpaired) electrons. The Morgan fingerprint density at radius 1 is 0.971 bits per heavy atom. The smallest absolute Gasteiger partial charge is 0.301 e. The molecule has 4 aromatic rings. The first-order valence-corrected chi connectivity index (χ1v) is 9.95. The first kappa shape index (κ1) is 22.1. The Morgan fingerprint density at radius 2 is 1.65 bits per heavy atom. The van der Waals surface area contributed by atoms with E-state index in [1.54, 1.807) is 48.5 Å². The number of nitro benzene ring substituents is 2. The van der Waals surface area contributed by atoms with E-state index in [1.807, 2.05) is 6.07 Å². The number of fused-ring (bicyclic) bond motifs is 1. The van der Waals surface area contributed by atoms with E-state index in [0.717, 1.165) is 18.2 Å². The van der Waals surface area contributed by atoms with Crippen LogP contribution in [-0.2, 0) is 0 Å². The van der Waals surface area contributed by atoms with Crippen LogP contribution in [-0.4, -0.2) is 25.2 Å². The van der Waals surface area contributed by atoms with Gasteiger partial charge in [-0.15, -0.1) is 0 Å². The Balaban J connectivity index is 1.86. The molecule has 11 heteroatoms. The van der Waals surface area contributed by atoms with Crippen molar-refractivity contribution in [2.45, 2.75) is 6.92 Å². The van der Waals surface area contributed by atoms with Gasteiger partial charge in [-0.05, 0) is 37.3 Å². The highest BCUT2D eigenvalue weighted by Gasteiger charge is 2.21. The zero-order chi connectivity index (χ0) is 24.4. The summed E-state index contributed by atoms with van der Waals surface area (Å²) in [6.45, 7) is 1.46. The lowest BCUT2D eigenvalue weighted by Crippen LogP contribution is -2.25. The molecule has 34 heavy (non-hydrogen) atoms. The van der Waals surface area contributed by atoms with Gasteiger partial charge < -0.3 is 5.11 Å². The van der Waals surface area contributed by atoms with E-state index in [9.17, 15) is 30.1 Å². The summed E-state index contributed by atoms with van der Waals surface area (Å²) in [6.07, 6.45) is 0. The molecule has 11 nitrogen and oxygen atoms in total. The van der Waals surface area contributed by atoms with Crippen LogP contribution in [0.1, 0.15) is 12.5 Å². The number of aromatic hydroxyl groups is 1. The molecule has 2 N–H and O–H groups in total. The molecule has 1 aromatic heterocycles. The number of nitro groups is 2. The topological polar surface area (TPSA) is 153 Å². The first-order chi connectivity index (χ1) is 16.3. The third-order valence-electron chi connectivity index (χ3n) is 5.16. The minimum atomic E-state index is -0.782. The lowest BCUT2D eigenvalue weighted by Gasteiger charge is -2.15. The van der Waals surface area contributed by atoms with Gasteiger partial charge in [-0.1, -0.05) is 30.3 Å². The molecule has 0 aliphatic rings. The fraction of sp³-hybridized carbons (Fsp3) is 0.0435. The SMILES string of the molecule is C/C(=N/Nc1ccc([N+](=O)[O-])cc1[N+](=O)[O-])c1c(O)c2ccccc2n(-c2ccccc2)c1=O. The maximum absolute atomic E-state index is 13.5. The van der Waals surface area contributed by atoms with Crippen LogP contribution in [0.4, 0.5) is 17.1 Å². The first-order valence-electron chi connectivity index (χ1n) is 9.95. The third kappa shape index (κ3) is 3.93. The molecular weight excluding hydrogens is 442 g/mol. The number of non-ortho nitro benzene ring substituents is 1. The summed E-state index contributed by atoms with van der Waals surface area (Å²) >= 11 is 0. The number of anilines is 1. The summed E-state index contributed by atoms with van der Waals surface area (Å²) in [4.78, 5) is 34.2. The quantitative estimate of drug-likeness (QED) is 0.247. The second kappa shape index (κ2) is 8.82.